The van der Waals surface area contributed by atoms with Crippen LogP contribution in [0.5, 0.6) is 0 Å². The Balaban J connectivity index is 1.81. The van der Waals surface area contributed by atoms with Gasteiger partial charge in [0.15, 0.2) is 0 Å². The van der Waals surface area contributed by atoms with Crippen LogP contribution in [-0.2, 0) is 9.53 Å². The number of ether oxygens (including phenoxy) is 1. The molecular formula is C23H27ClN4O3. The minimum Gasteiger partial charge on any atom is -0.376 e. The van der Waals surface area contributed by atoms with Gasteiger partial charge in [-0.2, -0.15) is 0 Å². The third-order valence-electron chi connectivity index (χ3n) is 5.04. The van der Waals surface area contributed by atoms with Gasteiger partial charge in [-0.1, -0.05) is 23.7 Å². The van der Waals surface area contributed by atoms with Crippen molar-refractivity contribution in [3.05, 3.63) is 58.1 Å². The lowest BCUT2D eigenvalue weighted by Crippen LogP contribution is -2.37. The Morgan fingerprint density at radius 1 is 1.16 bits per heavy atom. The van der Waals surface area contributed by atoms with Gasteiger partial charge in [0.05, 0.1) is 12.6 Å². The van der Waals surface area contributed by atoms with Crippen molar-refractivity contribution in [1.29, 1.82) is 0 Å². The average molecular weight is 443 g/mol. The van der Waals surface area contributed by atoms with Crippen molar-refractivity contribution in [3.8, 4) is 0 Å². The number of aryl methyl sites for hydroxylation is 1. The Morgan fingerprint density at radius 2 is 1.97 bits per heavy atom. The predicted molar refractivity (Wildman–Crippen MR) is 124 cm³/mol. The lowest BCUT2D eigenvalue weighted by Gasteiger charge is -2.16. The molecule has 7 nitrogen and oxygen atoms in total. The number of amides is 2. The molecule has 0 spiro atoms. The number of guanidine groups is 1. The van der Waals surface area contributed by atoms with Crippen LogP contribution in [0.2, 0.25) is 5.02 Å². The topological polar surface area (TPSA) is 91.8 Å². The van der Waals surface area contributed by atoms with E-state index in [1.165, 1.54) is 6.92 Å². The molecule has 2 amide bonds. The van der Waals surface area contributed by atoms with E-state index in [1.54, 1.807) is 24.3 Å². The van der Waals surface area contributed by atoms with Crippen LogP contribution in [-0.4, -0.2) is 37.0 Å². The van der Waals surface area contributed by atoms with Gasteiger partial charge in [0.1, 0.15) is 0 Å². The molecule has 1 heterocycles. The molecule has 1 saturated heterocycles. The second-order valence-corrected chi connectivity index (χ2v) is 7.93. The minimum absolute atomic E-state index is 0.0416. The van der Waals surface area contributed by atoms with E-state index in [0.29, 0.717) is 28.8 Å². The smallest absolute Gasteiger partial charge is 0.258 e. The molecule has 0 unspecified atom stereocenters. The van der Waals surface area contributed by atoms with Crippen LogP contribution in [0.4, 0.5) is 11.4 Å². The predicted octanol–water partition coefficient (Wildman–Crippen LogP) is 4.29. The Hall–Kier alpha value is -2.90. The number of benzene rings is 2. The summed E-state index contributed by atoms with van der Waals surface area (Å²) in [7, 11) is 0. The fraction of sp³-hybridized carbons (Fsp3) is 0.348. The quantitative estimate of drug-likeness (QED) is 0.475. The molecule has 1 atom stereocenters. The van der Waals surface area contributed by atoms with Gasteiger partial charge >= 0.3 is 0 Å². The number of anilines is 2. The molecule has 3 N–H and O–H groups in total. The largest absolute Gasteiger partial charge is 0.376 e. The standard InChI is InChI=1S/C23H27ClN4O3/c1-14-9-10-17(12-21(14)26-16(3)29)22(30)28-23(25-13-18-6-5-11-31-18)27-20-8-4-7-19(24)15(20)2/h4,7-10,12,18H,5-6,11,13H2,1-3H3,(H,26,29)(H2,25,27,28,30)/t18-/m0/s1. The van der Waals surface area contributed by atoms with Crippen molar-refractivity contribution < 1.29 is 14.3 Å². The molecule has 164 valence electrons. The number of carbonyl (C=O) groups excluding carboxylic acids is 2. The van der Waals surface area contributed by atoms with E-state index in [-0.39, 0.29) is 17.9 Å². The Bertz CT molecular complexity index is 1000. The van der Waals surface area contributed by atoms with E-state index in [4.69, 9.17) is 16.3 Å². The van der Waals surface area contributed by atoms with Gasteiger partial charge < -0.3 is 15.4 Å². The molecule has 0 bridgehead atoms. The molecule has 2 aromatic rings. The highest BCUT2D eigenvalue weighted by Gasteiger charge is 2.17. The van der Waals surface area contributed by atoms with E-state index in [9.17, 15) is 9.59 Å². The monoisotopic (exact) mass is 442 g/mol. The van der Waals surface area contributed by atoms with Crippen LogP contribution in [0.15, 0.2) is 41.4 Å². The molecule has 3 rings (SSSR count). The van der Waals surface area contributed by atoms with Gasteiger partial charge in [-0.15, -0.1) is 0 Å². The summed E-state index contributed by atoms with van der Waals surface area (Å²) in [4.78, 5) is 28.9. The molecule has 0 saturated carbocycles. The van der Waals surface area contributed by atoms with Crippen molar-refractivity contribution in [2.24, 2.45) is 4.99 Å². The summed E-state index contributed by atoms with van der Waals surface area (Å²) < 4.78 is 5.64. The maximum Gasteiger partial charge on any atom is 0.258 e. The summed E-state index contributed by atoms with van der Waals surface area (Å²) in [6.45, 7) is 6.36. The van der Waals surface area contributed by atoms with E-state index >= 15 is 0 Å². The zero-order valence-electron chi connectivity index (χ0n) is 17.9. The molecule has 0 radical (unpaired) electrons. The number of rotatable bonds is 5. The first-order valence-electron chi connectivity index (χ1n) is 10.2. The second kappa shape index (κ2) is 10.4. The van der Waals surface area contributed by atoms with Gasteiger partial charge in [0.2, 0.25) is 11.9 Å². The van der Waals surface area contributed by atoms with Crippen molar-refractivity contribution in [2.45, 2.75) is 39.7 Å². The van der Waals surface area contributed by atoms with Crippen LogP contribution >= 0.6 is 11.6 Å². The van der Waals surface area contributed by atoms with Crippen LogP contribution in [0.25, 0.3) is 0 Å². The van der Waals surface area contributed by atoms with Gasteiger partial charge in [-0.3, -0.25) is 14.9 Å². The minimum atomic E-state index is -0.343. The summed E-state index contributed by atoms with van der Waals surface area (Å²) in [5.74, 6) is -0.227. The van der Waals surface area contributed by atoms with Crippen molar-refractivity contribution in [2.75, 3.05) is 23.8 Å². The molecule has 1 aliphatic heterocycles. The summed E-state index contributed by atoms with van der Waals surface area (Å²) in [5, 5.41) is 9.38. The highest BCUT2D eigenvalue weighted by atomic mass is 35.5. The molecular weight excluding hydrogens is 416 g/mol. The number of nitrogens with zero attached hydrogens (tertiary/aromatic N) is 1. The number of aliphatic imine (C=N–C) groups is 1. The Kier molecular flexibility index (Phi) is 7.65. The normalized spacial score (nSPS) is 16.1. The zero-order chi connectivity index (χ0) is 22.4. The molecule has 8 heteroatoms. The van der Waals surface area contributed by atoms with Crippen molar-refractivity contribution in [1.82, 2.24) is 5.32 Å². The zero-order valence-corrected chi connectivity index (χ0v) is 18.7. The lowest BCUT2D eigenvalue weighted by molar-refractivity contribution is -0.114. The second-order valence-electron chi connectivity index (χ2n) is 7.53. The maximum atomic E-state index is 12.9. The van der Waals surface area contributed by atoms with Gasteiger partial charge in [-0.25, -0.2) is 4.99 Å². The molecule has 1 fully saturated rings. The fourth-order valence-electron chi connectivity index (χ4n) is 3.23. The first-order valence-corrected chi connectivity index (χ1v) is 10.6. The summed E-state index contributed by atoms with van der Waals surface area (Å²) in [6, 6.07) is 10.6. The summed E-state index contributed by atoms with van der Waals surface area (Å²) in [5.41, 5.74) is 3.47. The third kappa shape index (κ3) is 6.29. The third-order valence-corrected chi connectivity index (χ3v) is 5.45. The van der Waals surface area contributed by atoms with Gasteiger partial charge in [0.25, 0.3) is 5.91 Å². The van der Waals surface area contributed by atoms with Crippen LogP contribution in [0.3, 0.4) is 0 Å². The summed E-state index contributed by atoms with van der Waals surface area (Å²) in [6.07, 6.45) is 2.00. The summed E-state index contributed by atoms with van der Waals surface area (Å²) >= 11 is 6.23. The molecule has 2 aromatic carbocycles. The number of hydrogen-bond acceptors (Lipinski definition) is 4. The van der Waals surface area contributed by atoms with Crippen LogP contribution in [0.1, 0.15) is 41.3 Å². The maximum absolute atomic E-state index is 12.9. The Morgan fingerprint density at radius 3 is 2.68 bits per heavy atom. The lowest BCUT2D eigenvalue weighted by atomic mass is 10.1. The van der Waals surface area contributed by atoms with E-state index < -0.39 is 0 Å². The molecule has 0 aromatic heterocycles. The van der Waals surface area contributed by atoms with Crippen LogP contribution < -0.4 is 16.0 Å². The van der Waals surface area contributed by atoms with Crippen molar-refractivity contribution >= 4 is 40.7 Å². The Labute approximate surface area is 187 Å². The van der Waals surface area contributed by atoms with E-state index in [0.717, 1.165) is 36.3 Å². The van der Waals surface area contributed by atoms with E-state index in [1.807, 2.05) is 26.0 Å². The number of hydrogen-bond donors (Lipinski definition) is 3. The first-order chi connectivity index (χ1) is 14.8. The average Bonchev–Trinajstić information content (AvgIpc) is 3.24. The van der Waals surface area contributed by atoms with Crippen molar-refractivity contribution in [3.63, 3.8) is 0 Å². The number of nitrogens with one attached hydrogen (secondary N) is 3. The molecule has 31 heavy (non-hydrogen) atoms. The fourth-order valence-corrected chi connectivity index (χ4v) is 3.40. The highest BCUT2D eigenvalue weighted by molar-refractivity contribution is 6.31. The molecule has 0 aliphatic carbocycles. The molecule has 1 aliphatic rings. The SMILES string of the molecule is CC(=O)Nc1cc(C(=O)NC(=NC[C@@H]2CCCO2)Nc2cccc(Cl)c2C)ccc1C. The van der Waals surface area contributed by atoms with Gasteiger partial charge in [0, 0.05) is 35.5 Å². The van der Waals surface area contributed by atoms with E-state index in [2.05, 4.69) is 20.9 Å². The van der Waals surface area contributed by atoms with Crippen LogP contribution in [0, 0.1) is 13.8 Å². The first kappa shape index (κ1) is 22.8. The number of carbonyl (C=O) groups is 2. The number of halogens is 1. The van der Waals surface area contributed by atoms with Gasteiger partial charge in [-0.05, 0) is 62.1 Å². The highest BCUT2D eigenvalue weighted by Crippen LogP contribution is 2.23.